The van der Waals surface area contributed by atoms with Crippen LogP contribution in [0.15, 0.2) is 53.8 Å². The molecule has 0 saturated heterocycles. The van der Waals surface area contributed by atoms with Crippen LogP contribution in [-0.4, -0.2) is 32.7 Å². The Hall–Kier alpha value is -2.80. The van der Waals surface area contributed by atoms with Crippen molar-refractivity contribution >= 4 is 18.4 Å². The monoisotopic (exact) mass is 367 g/mol. The lowest BCUT2D eigenvalue weighted by Gasteiger charge is -2.05. The topological polar surface area (TPSA) is 68.1 Å². The molecule has 0 atom stereocenters. The van der Waals surface area contributed by atoms with E-state index >= 15 is 0 Å². The summed E-state index contributed by atoms with van der Waals surface area (Å²) in [4.78, 5) is 4.29. The first-order chi connectivity index (χ1) is 12.8. The number of H-pyrrole nitrogens is 1. The van der Waals surface area contributed by atoms with Gasteiger partial charge in [0.15, 0.2) is 0 Å². The summed E-state index contributed by atoms with van der Waals surface area (Å²) in [5.74, 6) is 1.44. The maximum atomic E-state index is 5.72. The van der Waals surface area contributed by atoms with Crippen LogP contribution in [0.1, 0.15) is 31.7 Å². The van der Waals surface area contributed by atoms with Crippen LogP contribution in [0, 0.1) is 4.77 Å². The first kappa shape index (κ1) is 18.0. The molecule has 0 bridgehead atoms. The first-order valence-corrected chi connectivity index (χ1v) is 9.05. The summed E-state index contributed by atoms with van der Waals surface area (Å²) >= 11 is 5.26. The van der Waals surface area contributed by atoms with Gasteiger partial charge < -0.3 is 4.74 Å². The maximum Gasteiger partial charge on any atom is 0.216 e. The van der Waals surface area contributed by atoms with E-state index in [1.807, 2.05) is 42.5 Å². The van der Waals surface area contributed by atoms with Crippen molar-refractivity contribution < 1.29 is 4.74 Å². The van der Waals surface area contributed by atoms with E-state index in [4.69, 9.17) is 17.0 Å². The number of pyridine rings is 1. The second kappa shape index (κ2) is 9.05. The minimum absolute atomic E-state index is 0.415. The van der Waals surface area contributed by atoms with E-state index < -0.39 is 0 Å². The second-order valence-electron chi connectivity index (χ2n) is 5.75. The van der Waals surface area contributed by atoms with Crippen LogP contribution in [0.4, 0.5) is 0 Å². The van der Waals surface area contributed by atoms with Crippen LogP contribution in [0.3, 0.4) is 0 Å². The van der Waals surface area contributed by atoms with Gasteiger partial charge in [0.25, 0.3) is 0 Å². The fourth-order valence-electron chi connectivity index (χ4n) is 2.38. The van der Waals surface area contributed by atoms with Crippen molar-refractivity contribution in [1.82, 2.24) is 19.9 Å². The Balaban J connectivity index is 1.71. The molecule has 0 aliphatic heterocycles. The van der Waals surface area contributed by atoms with Gasteiger partial charge in [-0.05, 0) is 60.6 Å². The molecule has 1 aromatic carbocycles. The summed E-state index contributed by atoms with van der Waals surface area (Å²) in [7, 11) is 0. The predicted octanol–water partition coefficient (Wildman–Crippen LogP) is 4.45. The van der Waals surface area contributed by atoms with Gasteiger partial charge in [-0.1, -0.05) is 25.8 Å². The summed E-state index contributed by atoms with van der Waals surface area (Å²) < 4.78 is 7.70. The van der Waals surface area contributed by atoms with Crippen molar-refractivity contribution in [1.29, 1.82) is 0 Å². The number of ether oxygens (including phenoxy) is 1. The Morgan fingerprint density at radius 1 is 1.19 bits per heavy atom. The number of rotatable bonds is 8. The maximum absolute atomic E-state index is 5.72. The van der Waals surface area contributed by atoms with Crippen molar-refractivity contribution in [2.45, 2.75) is 26.2 Å². The summed E-state index contributed by atoms with van der Waals surface area (Å²) in [5.41, 5.74) is 1.65. The normalized spacial score (nSPS) is 11.1. The minimum atomic E-state index is 0.415. The molecule has 0 fully saturated rings. The van der Waals surface area contributed by atoms with Crippen molar-refractivity contribution in [2.75, 3.05) is 6.61 Å². The van der Waals surface area contributed by atoms with Crippen LogP contribution in [0.5, 0.6) is 5.75 Å². The van der Waals surface area contributed by atoms with Gasteiger partial charge in [-0.3, -0.25) is 4.98 Å². The van der Waals surface area contributed by atoms with Crippen molar-refractivity contribution in [3.05, 3.63) is 59.0 Å². The second-order valence-corrected chi connectivity index (χ2v) is 6.14. The molecule has 134 valence electrons. The highest BCUT2D eigenvalue weighted by atomic mass is 32.1. The van der Waals surface area contributed by atoms with Crippen LogP contribution in [-0.2, 0) is 0 Å². The zero-order chi connectivity index (χ0) is 18.2. The van der Waals surface area contributed by atoms with Gasteiger partial charge in [-0.25, -0.2) is 5.10 Å². The predicted molar refractivity (Wildman–Crippen MR) is 105 cm³/mol. The molecule has 26 heavy (non-hydrogen) atoms. The number of nitrogens with zero attached hydrogens (tertiary/aromatic N) is 4. The first-order valence-electron chi connectivity index (χ1n) is 8.64. The van der Waals surface area contributed by atoms with E-state index in [-0.39, 0.29) is 0 Å². The standard InChI is InChI=1S/C19H21N5OS/c1-2-3-6-13-25-16-10-8-15(9-11-16)14-21-24-18(22-23-19(24)26)17-7-4-5-12-20-17/h4-5,7-12,14H,2-3,6,13H2,1H3,(H,23,26)/b21-14+. The number of aromatic amines is 1. The zero-order valence-corrected chi connectivity index (χ0v) is 15.4. The SMILES string of the molecule is CCCCCOc1ccc(/C=N/n2c(-c3ccccn3)n[nH]c2=S)cc1. The fourth-order valence-corrected chi connectivity index (χ4v) is 2.56. The molecule has 0 unspecified atom stereocenters. The Morgan fingerprint density at radius 2 is 2.04 bits per heavy atom. The summed E-state index contributed by atoms with van der Waals surface area (Å²) in [6.07, 6.45) is 6.90. The summed E-state index contributed by atoms with van der Waals surface area (Å²) in [6.45, 7) is 2.93. The molecule has 2 aromatic heterocycles. The average molecular weight is 367 g/mol. The van der Waals surface area contributed by atoms with Crippen molar-refractivity contribution in [3.63, 3.8) is 0 Å². The molecule has 0 aliphatic carbocycles. The third-order valence-corrected chi connectivity index (χ3v) is 4.03. The number of nitrogens with one attached hydrogen (secondary N) is 1. The Labute approximate surface area is 157 Å². The minimum Gasteiger partial charge on any atom is -0.494 e. The number of unbranched alkanes of at least 4 members (excludes halogenated alkanes) is 2. The molecule has 6 nitrogen and oxygen atoms in total. The van der Waals surface area contributed by atoms with E-state index in [0.717, 1.165) is 24.3 Å². The quantitative estimate of drug-likeness (QED) is 0.363. The van der Waals surface area contributed by atoms with E-state index in [2.05, 4.69) is 27.2 Å². The average Bonchev–Trinajstić information content (AvgIpc) is 3.06. The zero-order valence-electron chi connectivity index (χ0n) is 14.6. The molecule has 0 aliphatic rings. The van der Waals surface area contributed by atoms with Crippen molar-refractivity contribution in [2.24, 2.45) is 5.10 Å². The third-order valence-electron chi connectivity index (χ3n) is 3.76. The highest BCUT2D eigenvalue weighted by Gasteiger charge is 2.08. The molecule has 0 spiro atoms. The number of benzene rings is 1. The molecule has 7 heteroatoms. The lowest BCUT2D eigenvalue weighted by molar-refractivity contribution is 0.306. The molecule has 3 rings (SSSR count). The third kappa shape index (κ3) is 4.64. The fraction of sp³-hybridized carbons (Fsp3) is 0.263. The molecule has 0 amide bonds. The van der Waals surface area contributed by atoms with Gasteiger partial charge in [0.2, 0.25) is 10.6 Å². The highest BCUT2D eigenvalue weighted by molar-refractivity contribution is 7.71. The molecule has 3 aromatic rings. The van der Waals surface area contributed by atoms with Crippen LogP contribution in [0.2, 0.25) is 0 Å². The molecular formula is C19H21N5OS. The van der Waals surface area contributed by atoms with Gasteiger partial charge in [0, 0.05) is 6.20 Å². The molecule has 0 saturated carbocycles. The largest absolute Gasteiger partial charge is 0.494 e. The molecule has 2 heterocycles. The van der Waals surface area contributed by atoms with Crippen LogP contribution in [0.25, 0.3) is 11.5 Å². The molecular weight excluding hydrogens is 346 g/mol. The van der Waals surface area contributed by atoms with Gasteiger partial charge in [-0.2, -0.15) is 14.9 Å². The lowest BCUT2D eigenvalue weighted by atomic mass is 10.2. The van der Waals surface area contributed by atoms with Gasteiger partial charge in [0.05, 0.1) is 12.8 Å². The summed E-state index contributed by atoms with van der Waals surface area (Å²) in [5, 5.41) is 11.4. The van der Waals surface area contributed by atoms with E-state index in [1.165, 1.54) is 12.8 Å². The van der Waals surface area contributed by atoms with E-state index in [9.17, 15) is 0 Å². The van der Waals surface area contributed by atoms with Gasteiger partial charge in [0.1, 0.15) is 11.4 Å². The highest BCUT2D eigenvalue weighted by Crippen LogP contribution is 2.15. The van der Waals surface area contributed by atoms with Crippen LogP contribution < -0.4 is 4.74 Å². The van der Waals surface area contributed by atoms with E-state index in [0.29, 0.717) is 16.3 Å². The van der Waals surface area contributed by atoms with Gasteiger partial charge in [-0.15, -0.1) is 0 Å². The molecule has 1 N–H and O–H groups in total. The Bertz CT molecular complexity index is 900. The van der Waals surface area contributed by atoms with Crippen molar-refractivity contribution in [3.8, 4) is 17.3 Å². The lowest BCUT2D eigenvalue weighted by Crippen LogP contribution is -1.98. The van der Waals surface area contributed by atoms with Gasteiger partial charge >= 0.3 is 0 Å². The number of aromatic nitrogens is 4. The molecule has 0 radical (unpaired) electrons. The van der Waals surface area contributed by atoms with Crippen LogP contribution >= 0.6 is 12.2 Å². The Morgan fingerprint density at radius 3 is 2.77 bits per heavy atom. The number of hydrogen-bond donors (Lipinski definition) is 1. The smallest absolute Gasteiger partial charge is 0.216 e. The Kier molecular flexibility index (Phi) is 6.27. The number of hydrogen-bond acceptors (Lipinski definition) is 5. The summed E-state index contributed by atoms with van der Waals surface area (Å²) in [6, 6.07) is 13.4. The van der Waals surface area contributed by atoms with E-state index in [1.54, 1.807) is 17.1 Å².